The molecule has 3 aromatic rings. The number of rotatable bonds is 8. The summed E-state index contributed by atoms with van der Waals surface area (Å²) in [7, 11) is -3.33. The van der Waals surface area contributed by atoms with Gasteiger partial charge in [0.25, 0.3) is 0 Å². The topological polar surface area (TPSA) is 72.2 Å². The molecule has 0 fully saturated rings. The Bertz CT molecular complexity index is 1230. The molecule has 0 aliphatic heterocycles. The van der Waals surface area contributed by atoms with Gasteiger partial charge in [0.05, 0.1) is 10.6 Å². The van der Waals surface area contributed by atoms with Crippen LogP contribution in [0.25, 0.3) is 10.6 Å². The number of hydrogen-bond acceptors (Lipinski definition) is 5. The lowest BCUT2D eigenvalue weighted by Gasteiger charge is -2.18. The summed E-state index contributed by atoms with van der Waals surface area (Å²) in [4.78, 5) is 0.877. The molecule has 1 unspecified atom stereocenters. The standard InChI is InChI=1S/C25H23FN2O2S2/c1-3-23(28-17-18-7-5-4-6-8-18)31-25(24(27)19-9-13-21(26)14-10-19)20-11-15-22(16-12-20)32(2,29)30/h1,4-16,23,28H,17,27H2,2H3/b25-24-. The van der Waals surface area contributed by atoms with Crippen molar-refractivity contribution in [2.45, 2.75) is 16.8 Å². The third-order valence-electron chi connectivity index (χ3n) is 4.67. The van der Waals surface area contributed by atoms with Gasteiger partial charge in [-0.3, -0.25) is 5.32 Å². The van der Waals surface area contributed by atoms with Crippen molar-refractivity contribution in [3.05, 3.63) is 101 Å². The molecule has 0 spiro atoms. The van der Waals surface area contributed by atoms with Crippen LogP contribution in [0.15, 0.2) is 83.8 Å². The first kappa shape index (κ1) is 23.6. The van der Waals surface area contributed by atoms with E-state index >= 15 is 0 Å². The zero-order valence-corrected chi connectivity index (χ0v) is 19.1. The summed E-state index contributed by atoms with van der Waals surface area (Å²) >= 11 is 1.35. The van der Waals surface area contributed by atoms with E-state index in [0.717, 1.165) is 11.8 Å². The third kappa shape index (κ3) is 6.24. The summed E-state index contributed by atoms with van der Waals surface area (Å²) in [5, 5.41) is 2.91. The fraction of sp³-hybridized carbons (Fsp3) is 0.120. The monoisotopic (exact) mass is 466 g/mol. The molecule has 4 nitrogen and oxygen atoms in total. The summed E-state index contributed by atoms with van der Waals surface area (Å²) in [6, 6.07) is 22.2. The summed E-state index contributed by atoms with van der Waals surface area (Å²) < 4.78 is 37.1. The van der Waals surface area contributed by atoms with E-state index in [2.05, 4.69) is 11.2 Å². The minimum Gasteiger partial charge on any atom is -0.397 e. The second kappa shape index (κ2) is 10.5. The van der Waals surface area contributed by atoms with E-state index in [4.69, 9.17) is 12.2 Å². The quantitative estimate of drug-likeness (QED) is 0.291. The first-order valence-corrected chi connectivity index (χ1v) is 12.5. The van der Waals surface area contributed by atoms with Crippen LogP contribution in [0.1, 0.15) is 16.7 Å². The summed E-state index contributed by atoms with van der Waals surface area (Å²) in [5.41, 5.74) is 9.34. The SMILES string of the molecule is C#CC(NCc1ccccc1)S/C(=C(\N)c1ccc(F)cc1)c1ccc(S(C)(=O)=O)cc1. The Labute approximate surface area is 192 Å². The summed E-state index contributed by atoms with van der Waals surface area (Å²) in [5.74, 6) is 2.37. The number of nitrogens with one attached hydrogen (secondary N) is 1. The lowest BCUT2D eigenvalue weighted by molar-refractivity contribution is 0.602. The van der Waals surface area contributed by atoms with Crippen LogP contribution in [0.4, 0.5) is 4.39 Å². The normalized spacial score (nSPS) is 13.2. The highest BCUT2D eigenvalue weighted by atomic mass is 32.2. The minimum absolute atomic E-state index is 0.210. The van der Waals surface area contributed by atoms with Crippen LogP contribution in [-0.2, 0) is 16.4 Å². The maximum Gasteiger partial charge on any atom is 0.175 e. The molecule has 0 radical (unpaired) electrons. The smallest absolute Gasteiger partial charge is 0.175 e. The average Bonchev–Trinajstić information content (AvgIpc) is 2.79. The fourth-order valence-corrected chi connectivity index (χ4v) is 4.58. The molecule has 3 rings (SSSR count). The summed E-state index contributed by atoms with van der Waals surface area (Å²) in [6.07, 6.45) is 6.93. The Morgan fingerprint density at radius 2 is 1.62 bits per heavy atom. The third-order valence-corrected chi connectivity index (χ3v) is 7.02. The Kier molecular flexibility index (Phi) is 7.75. The van der Waals surface area contributed by atoms with Crippen LogP contribution in [0.3, 0.4) is 0 Å². The second-order valence-electron chi connectivity index (χ2n) is 7.08. The number of sulfone groups is 1. The summed E-state index contributed by atoms with van der Waals surface area (Å²) in [6.45, 7) is 0.569. The van der Waals surface area contributed by atoms with Crippen LogP contribution < -0.4 is 11.1 Å². The van der Waals surface area contributed by atoms with Crippen molar-refractivity contribution in [2.75, 3.05) is 6.26 Å². The van der Waals surface area contributed by atoms with Crippen molar-refractivity contribution in [1.29, 1.82) is 0 Å². The van der Waals surface area contributed by atoms with Crippen molar-refractivity contribution in [3.8, 4) is 12.3 Å². The molecule has 0 aliphatic carbocycles. The van der Waals surface area contributed by atoms with Crippen LogP contribution in [-0.4, -0.2) is 20.0 Å². The minimum atomic E-state index is -3.33. The predicted molar refractivity (Wildman–Crippen MR) is 130 cm³/mol. The highest BCUT2D eigenvalue weighted by molar-refractivity contribution is 8.09. The van der Waals surface area contributed by atoms with Crippen LogP contribution in [0, 0.1) is 18.2 Å². The Balaban J connectivity index is 1.95. The van der Waals surface area contributed by atoms with Gasteiger partial charge in [-0.25, -0.2) is 12.8 Å². The first-order valence-electron chi connectivity index (χ1n) is 9.74. The zero-order valence-electron chi connectivity index (χ0n) is 17.5. The zero-order chi connectivity index (χ0) is 23.1. The molecule has 0 saturated carbocycles. The first-order chi connectivity index (χ1) is 15.3. The van der Waals surface area contributed by atoms with Crippen molar-refractivity contribution in [3.63, 3.8) is 0 Å². The van der Waals surface area contributed by atoms with E-state index in [0.29, 0.717) is 28.3 Å². The van der Waals surface area contributed by atoms with Gasteiger partial charge in [0.1, 0.15) is 11.2 Å². The molecule has 32 heavy (non-hydrogen) atoms. The molecule has 164 valence electrons. The molecular formula is C25H23FN2O2S2. The Morgan fingerprint density at radius 1 is 1.03 bits per heavy atom. The van der Waals surface area contributed by atoms with E-state index in [1.54, 1.807) is 24.3 Å². The number of halogens is 1. The van der Waals surface area contributed by atoms with Gasteiger partial charge < -0.3 is 5.73 Å². The molecular weight excluding hydrogens is 443 g/mol. The van der Waals surface area contributed by atoms with E-state index in [-0.39, 0.29) is 10.7 Å². The van der Waals surface area contributed by atoms with E-state index in [1.807, 2.05) is 30.3 Å². The number of hydrogen-bond donors (Lipinski definition) is 2. The lowest BCUT2D eigenvalue weighted by atomic mass is 10.1. The Morgan fingerprint density at radius 3 is 2.19 bits per heavy atom. The number of nitrogens with two attached hydrogens (primary N) is 1. The van der Waals surface area contributed by atoms with Gasteiger partial charge in [-0.15, -0.1) is 6.42 Å². The maximum atomic E-state index is 13.4. The van der Waals surface area contributed by atoms with Gasteiger partial charge in [-0.05, 0) is 53.1 Å². The number of thioether (sulfide) groups is 1. The molecule has 3 N–H and O–H groups in total. The van der Waals surface area contributed by atoms with Gasteiger partial charge in [0.15, 0.2) is 9.84 Å². The van der Waals surface area contributed by atoms with Crippen molar-refractivity contribution in [2.24, 2.45) is 5.73 Å². The van der Waals surface area contributed by atoms with Gasteiger partial charge in [0.2, 0.25) is 0 Å². The average molecular weight is 467 g/mol. The maximum absolute atomic E-state index is 13.4. The largest absolute Gasteiger partial charge is 0.397 e. The Hall–Kier alpha value is -3.05. The molecule has 0 aromatic heterocycles. The highest BCUT2D eigenvalue weighted by Gasteiger charge is 2.17. The fourth-order valence-electron chi connectivity index (χ4n) is 2.96. The van der Waals surface area contributed by atoms with Gasteiger partial charge in [0, 0.05) is 17.7 Å². The van der Waals surface area contributed by atoms with Crippen molar-refractivity contribution >= 4 is 32.2 Å². The van der Waals surface area contributed by atoms with Gasteiger partial charge >= 0.3 is 0 Å². The molecule has 0 amide bonds. The molecule has 0 heterocycles. The number of benzene rings is 3. The highest BCUT2D eigenvalue weighted by Crippen LogP contribution is 2.36. The molecule has 1 atom stereocenters. The molecule has 7 heteroatoms. The van der Waals surface area contributed by atoms with Crippen LogP contribution >= 0.6 is 11.8 Å². The lowest BCUT2D eigenvalue weighted by Crippen LogP contribution is -2.24. The van der Waals surface area contributed by atoms with Crippen LogP contribution in [0.5, 0.6) is 0 Å². The molecule has 0 saturated heterocycles. The van der Waals surface area contributed by atoms with Crippen molar-refractivity contribution in [1.82, 2.24) is 5.32 Å². The van der Waals surface area contributed by atoms with Crippen molar-refractivity contribution < 1.29 is 12.8 Å². The molecule has 3 aromatic carbocycles. The molecule has 0 bridgehead atoms. The molecule has 0 aliphatic rings. The van der Waals surface area contributed by atoms with Crippen LogP contribution in [0.2, 0.25) is 0 Å². The van der Waals surface area contributed by atoms with E-state index in [9.17, 15) is 12.8 Å². The second-order valence-corrected chi connectivity index (χ2v) is 10.2. The van der Waals surface area contributed by atoms with E-state index < -0.39 is 15.2 Å². The predicted octanol–water partition coefficient (Wildman–Crippen LogP) is 4.50. The number of terminal acetylenes is 1. The van der Waals surface area contributed by atoms with Gasteiger partial charge in [-0.1, -0.05) is 60.1 Å². The van der Waals surface area contributed by atoms with E-state index in [1.165, 1.54) is 36.0 Å². The van der Waals surface area contributed by atoms with Gasteiger partial charge in [-0.2, -0.15) is 0 Å².